The smallest absolute Gasteiger partial charge is 0.0497 e. The Bertz CT molecular complexity index is 120. The Morgan fingerprint density at radius 1 is 1.40 bits per heavy atom. The first-order chi connectivity index (χ1) is 4.88. The van der Waals surface area contributed by atoms with Crippen LogP contribution in [0.4, 0.5) is 0 Å². The van der Waals surface area contributed by atoms with Crippen molar-refractivity contribution >= 4 is 0 Å². The molecule has 1 aliphatic carbocycles. The largest absolute Gasteiger partial charge is 0.381 e. The van der Waals surface area contributed by atoms with Crippen LogP contribution in [-0.4, -0.2) is 19.3 Å². The summed E-state index contributed by atoms with van der Waals surface area (Å²) in [5.74, 6) is 1.60. The van der Waals surface area contributed by atoms with Crippen molar-refractivity contribution < 1.29 is 4.74 Å². The van der Waals surface area contributed by atoms with Crippen LogP contribution in [0.3, 0.4) is 0 Å². The van der Waals surface area contributed by atoms with Crippen molar-refractivity contribution in [3.05, 3.63) is 0 Å². The lowest BCUT2D eigenvalue weighted by atomic mass is 9.97. The molecule has 3 atom stereocenters. The topological polar surface area (TPSA) is 35.2 Å². The monoisotopic (exact) mass is 141 g/mol. The van der Waals surface area contributed by atoms with Gasteiger partial charge in [-0.3, -0.25) is 0 Å². The molecule has 1 saturated carbocycles. The molecule has 1 saturated heterocycles. The Labute approximate surface area is 61.7 Å². The van der Waals surface area contributed by atoms with Crippen molar-refractivity contribution in [2.24, 2.45) is 17.6 Å². The van der Waals surface area contributed by atoms with E-state index in [-0.39, 0.29) is 0 Å². The zero-order chi connectivity index (χ0) is 6.97. The van der Waals surface area contributed by atoms with Crippen molar-refractivity contribution in [2.45, 2.75) is 25.3 Å². The highest BCUT2D eigenvalue weighted by Crippen LogP contribution is 2.39. The van der Waals surface area contributed by atoms with Gasteiger partial charge in [0.2, 0.25) is 0 Å². The molecule has 2 heteroatoms. The fraction of sp³-hybridized carbons (Fsp3) is 1.00. The zero-order valence-electron chi connectivity index (χ0n) is 6.25. The minimum absolute atomic E-state index is 0.506. The van der Waals surface area contributed by atoms with Gasteiger partial charge in [-0.1, -0.05) is 0 Å². The maximum atomic E-state index is 5.74. The van der Waals surface area contributed by atoms with Gasteiger partial charge in [0.05, 0.1) is 0 Å². The van der Waals surface area contributed by atoms with E-state index in [4.69, 9.17) is 10.5 Å². The van der Waals surface area contributed by atoms with E-state index in [0.29, 0.717) is 6.04 Å². The third kappa shape index (κ3) is 1.18. The van der Waals surface area contributed by atoms with Gasteiger partial charge in [-0.15, -0.1) is 0 Å². The van der Waals surface area contributed by atoms with E-state index in [9.17, 15) is 0 Å². The van der Waals surface area contributed by atoms with Crippen LogP contribution >= 0.6 is 0 Å². The second-order valence-electron chi connectivity index (χ2n) is 3.54. The molecular weight excluding hydrogens is 126 g/mol. The number of hydrogen-bond donors (Lipinski definition) is 1. The van der Waals surface area contributed by atoms with E-state index in [1.165, 1.54) is 19.3 Å². The number of nitrogens with two attached hydrogens (primary N) is 1. The molecule has 58 valence electrons. The van der Waals surface area contributed by atoms with Crippen LogP contribution in [-0.2, 0) is 4.74 Å². The van der Waals surface area contributed by atoms with Crippen LogP contribution in [0.25, 0.3) is 0 Å². The van der Waals surface area contributed by atoms with Crippen molar-refractivity contribution in [2.75, 3.05) is 13.2 Å². The number of rotatable bonds is 1. The fourth-order valence-electron chi connectivity index (χ4n) is 1.88. The van der Waals surface area contributed by atoms with Gasteiger partial charge in [-0.25, -0.2) is 0 Å². The molecule has 2 N–H and O–H groups in total. The molecule has 2 aliphatic rings. The van der Waals surface area contributed by atoms with Crippen molar-refractivity contribution in [1.29, 1.82) is 0 Å². The first-order valence-electron chi connectivity index (χ1n) is 4.21. The standard InChI is InChI=1S/C8H15NO/c9-8-4-7(8)6-2-1-3-10-5-6/h6-8H,1-5,9H2/t6?,7-,8+/m1/s1. The van der Waals surface area contributed by atoms with Crippen molar-refractivity contribution in [1.82, 2.24) is 0 Å². The van der Waals surface area contributed by atoms with Gasteiger partial charge in [-0.05, 0) is 31.1 Å². The minimum atomic E-state index is 0.506. The van der Waals surface area contributed by atoms with Gasteiger partial charge in [0, 0.05) is 19.3 Å². The molecule has 0 spiro atoms. The maximum Gasteiger partial charge on any atom is 0.0497 e. The van der Waals surface area contributed by atoms with E-state index < -0.39 is 0 Å². The molecule has 0 aromatic carbocycles. The van der Waals surface area contributed by atoms with E-state index in [2.05, 4.69) is 0 Å². The highest BCUT2D eigenvalue weighted by molar-refractivity contribution is 4.95. The van der Waals surface area contributed by atoms with Crippen LogP contribution in [0.15, 0.2) is 0 Å². The van der Waals surface area contributed by atoms with Gasteiger partial charge < -0.3 is 10.5 Å². The van der Waals surface area contributed by atoms with Gasteiger partial charge in [0.25, 0.3) is 0 Å². The lowest BCUT2D eigenvalue weighted by molar-refractivity contribution is 0.0459. The van der Waals surface area contributed by atoms with Gasteiger partial charge in [-0.2, -0.15) is 0 Å². The summed E-state index contributed by atoms with van der Waals surface area (Å²) < 4.78 is 5.38. The van der Waals surface area contributed by atoms with Crippen LogP contribution in [0.5, 0.6) is 0 Å². The Morgan fingerprint density at radius 2 is 2.20 bits per heavy atom. The molecule has 0 aromatic rings. The van der Waals surface area contributed by atoms with Gasteiger partial charge >= 0.3 is 0 Å². The molecule has 1 unspecified atom stereocenters. The summed E-state index contributed by atoms with van der Waals surface area (Å²) in [6.07, 6.45) is 3.83. The van der Waals surface area contributed by atoms with E-state index in [0.717, 1.165) is 25.0 Å². The summed E-state index contributed by atoms with van der Waals surface area (Å²) >= 11 is 0. The average molecular weight is 141 g/mol. The Balaban J connectivity index is 1.81. The third-order valence-corrected chi connectivity index (χ3v) is 2.69. The normalized spacial score (nSPS) is 47.1. The van der Waals surface area contributed by atoms with Crippen molar-refractivity contribution in [3.8, 4) is 0 Å². The third-order valence-electron chi connectivity index (χ3n) is 2.69. The molecule has 2 nitrogen and oxygen atoms in total. The molecular formula is C8H15NO. The summed E-state index contributed by atoms with van der Waals surface area (Å²) in [6.45, 7) is 1.94. The quantitative estimate of drug-likeness (QED) is 0.585. The van der Waals surface area contributed by atoms with E-state index in [1.807, 2.05) is 0 Å². The minimum Gasteiger partial charge on any atom is -0.381 e. The molecule has 0 aromatic heterocycles. The molecule has 2 fully saturated rings. The highest BCUT2D eigenvalue weighted by Gasteiger charge is 2.40. The summed E-state index contributed by atoms with van der Waals surface area (Å²) in [5, 5.41) is 0. The maximum absolute atomic E-state index is 5.74. The lowest BCUT2D eigenvalue weighted by Crippen LogP contribution is -2.21. The molecule has 0 radical (unpaired) electrons. The number of ether oxygens (including phenoxy) is 1. The Kier molecular flexibility index (Phi) is 1.66. The SMILES string of the molecule is N[C@H]1C[C@@H]1C1CCCOC1. The van der Waals surface area contributed by atoms with E-state index >= 15 is 0 Å². The summed E-state index contributed by atoms with van der Waals surface area (Å²) in [7, 11) is 0. The second kappa shape index (κ2) is 2.51. The molecule has 1 heterocycles. The van der Waals surface area contributed by atoms with Crippen LogP contribution in [0.2, 0.25) is 0 Å². The summed E-state index contributed by atoms with van der Waals surface area (Å²) in [6, 6.07) is 0.506. The lowest BCUT2D eigenvalue weighted by Gasteiger charge is -2.21. The summed E-state index contributed by atoms with van der Waals surface area (Å²) in [4.78, 5) is 0. The molecule has 1 aliphatic heterocycles. The fourth-order valence-corrected chi connectivity index (χ4v) is 1.88. The average Bonchev–Trinajstić information content (AvgIpc) is 2.69. The first-order valence-corrected chi connectivity index (χ1v) is 4.21. The molecule has 2 rings (SSSR count). The predicted octanol–water partition coefficient (Wildman–Crippen LogP) is 0.760. The second-order valence-corrected chi connectivity index (χ2v) is 3.54. The van der Waals surface area contributed by atoms with Gasteiger partial charge in [0.15, 0.2) is 0 Å². The molecule has 10 heavy (non-hydrogen) atoms. The van der Waals surface area contributed by atoms with Gasteiger partial charge in [0.1, 0.15) is 0 Å². The first kappa shape index (κ1) is 6.62. The van der Waals surface area contributed by atoms with Crippen LogP contribution in [0, 0.1) is 11.8 Å². The summed E-state index contributed by atoms with van der Waals surface area (Å²) in [5.41, 5.74) is 5.74. The molecule has 0 amide bonds. The predicted molar refractivity (Wildman–Crippen MR) is 39.6 cm³/mol. The van der Waals surface area contributed by atoms with Crippen LogP contribution < -0.4 is 5.73 Å². The number of hydrogen-bond acceptors (Lipinski definition) is 2. The molecule has 0 bridgehead atoms. The Hall–Kier alpha value is -0.0800. The highest BCUT2D eigenvalue weighted by atomic mass is 16.5. The van der Waals surface area contributed by atoms with Crippen molar-refractivity contribution in [3.63, 3.8) is 0 Å². The van der Waals surface area contributed by atoms with E-state index in [1.54, 1.807) is 0 Å². The zero-order valence-corrected chi connectivity index (χ0v) is 6.25. The van der Waals surface area contributed by atoms with Crippen LogP contribution in [0.1, 0.15) is 19.3 Å². The Morgan fingerprint density at radius 3 is 2.70 bits per heavy atom.